The smallest absolute Gasteiger partial charge is 0.297 e. The Morgan fingerprint density at radius 3 is 2.67 bits per heavy atom. The van der Waals surface area contributed by atoms with Gasteiger partial charge in [0.1, 0.15) is 0 Å². The van der Waals surface area contributed by atoms with E-state index in [1.54, 1.807) is 0 Å². The minimum Gasteiger partial charge on any atom is -0.297 e. The van der Waals surface area contributed by atoms with Gasteiger partial charge in [-0.2, -0.15) is 0 Å². The summed E-state index contributed by atoms with van der Waals surface area (Å²) in [6, 6.07) is 2.19. The SMILES string of the molecule is Cn1c(Cl)c([N+](=O)[O-])ccc1=O. The van der Waals surface area contributed by atoms with Crippen molar-refractivity contribution < 1.29 is 4.92 Å². The number of aromatic nitrogens is 1. The van der Waals surface area contributed by atoms with Crippen LogP contribution in [0.3, 0.4) is 0 Å². The molecule has 64 valence electrons. The zero-order valence-corrected chi connectivity index (χ0v) is 6.91. The maximum Gasteiger partial charge on any atom is 0.304 e. The number of halogens is 1. The van der Waals surface area contributed by atoms with Gasteiger partial charge in [-0.1, -0.05) is 11.6 Å². The van der Waals surface area contributed by atoms with Crippen molar-refractivity contribution in [2.75, 3.05) is 0 Å². The highest BCUT2D eigenvalue weighted by Crippen LogP contribution is 2.19. The van der Waals surface area contributed by atoms with Gasteiger partial charge < -0.3 is 0 Å². The van der Waals surface area contributed by atoms with Crippen LogP contribution < -0.4 is 5.56 Å². The molecule has 1 aromatic rings. The summed E-state index contributed by atoms with van der Waals surface area (Å²) >= 11 is 5.51. The molecule has 1 aromatic heterocycles. The van der Waals surface area contributed by atoms with E-state index in [2.05, 4.69) is 0 Å². The number of nitro groups is 1. The van der Waals surface area contributed by atoms with E-state index in [0.717, 1.165) is 16.7 Å². The first-order chi connectivity index (χ1) is 5.54. The van der Waals surface area contributed by atoms with Gasteiger partial charge in [0, 0.05) is 19.2 Å². The highest BCUT2D eigenvalue weighted by molar-refractivity contribution is 6.31. The van der Waals surface area contributed by atoms with Crippen molar-refractivity contribution in [1.82, 2.24) is 4.57 Å². The van der Waals surface area contributed by atoms with Gasteiger partial charge in [0.15, 0.2) is 5.15 Å². The fourth-order valence-electron chi connectivity index (χ4n) is 0.736. The van der Waals surface area contributed by atoms with Gasteiger partial charge in [0.2, 0.25) is 0 Å². The van der Waals surface area contributed by atoms with Crippen molar-refractivity contribution in [2.24, 2.45) is 7.05 Å². The zero-order chi connectivity index (χ0) is 9.30. The van der Waals surface area contributed by atoms with Gasteiger partial charge in [0.05, 0.1) is 4.92 Å². The van der Waals surface area contributed by atoms with E-state index in [-0.39, 0.29) is 16.4 Å². The van der Waals surface area contributed by atoms with Crippen LogP contribution in [0.4, 0.5) is 5.69 Å². The van der Waals surface area contributed by atoms with Gasteiger partial charge in [-0.05, 0) is 0 Å². The molecule has 0 aromatic carbocycles. The summed E-state index contributed by atoms with van der Waals surface area (Å²) in [4.78, 5) is 20.5. The molecular weight excluding hydrogens is 184 g/mol. The lowest BCUT2D eigenvalue weighted by Gasteiger charge is -1.99. The van der Waals surface area contributed by atoms with E-state index in [1.165, 1.54) is 7.05 Å². The van der Waals surface area contributed by atoms with Gasteiger partial charge in [-0.25, -0.2) is 0 Å². The molecule has 0 saturated carbocycles. The Morgan fingerprint density at radius 1 is 1.58 bits per heavy atom. The number of pyridine rings is 1. The van der Waals surface area contributed by atoms with Crippen LogP contribution >= 0.6 is 11.6 Å². The standard InChI is InChI=1S/C6H5ClN2O3/c1-8-5(10)3-2-4(6(8)7)9(11)12/h2-3H,1H3. The second-order valence-corrected chi connectivity index (χ2v) is 2.52. The van der Waals surface area contributed by atoms with Crippen LogP contribution in [0.15, 0.2) is 16.9 Å². The molecule has 6 heteroatoms. The Balaban J connectivity index is 3.47. The lowest BCUT2D eigenvalue weighted by molar-refractivity contribution is -0.385. The molecular formula is C6H5ClN2O3. The lowest BCUT2D eigenvalue weighted by atomic mass is 10.4. The summed E-state index contributed by atoms with van der Waals surface area (Å²) in [6.07, 6.45) is 0. The summed E-state index contributed by atoms with van der Waals surface area (Å²) in [5.41, 5.74) is -0.635. The maximum absolute atomic E-state index is 10.9. The van der Waals surface area contributed by atoms with E-state index in [9.17, 15) is 14.9 Å². The van der Waals surface area contributed by atoms with Crippen LogP contribution in [0, 0.1) is 10.1 Å². The van der Waals surface area contributed by atoms with E-state index in [4.69, 9.17) is 11.6 Å². The molecule has 0 radical (unpaired) electrons. The second-order valence-electron chi connectivity index (χ2n) is 2.16. The summed E-state index contributed by atoms with van der Waals surface area (Å²) < 4.78 is 1.01. The monoisotopic (exact) mass is 188 g/mol. The number of nitrogens with zero attached hydrogens (tertiary/aromatic N) is 2. The molecule has 0 aliphatic rings. The lowest BCUT2D eigenvalue weighted by Crippen LogP contribution is -2.16. The van der Waals surface area contributed by atoms with Crippen molar-refractivity contribution in [3.63, 3.8) is 0 Å². The van der Waals surface area contributed by atoms with Gasteiger partial charge in [-0.3, -0.25) is 19.5 Å². The van der Waals surface area contributed by atoms with Gasteiger partial charge in [0.25, 0.3) is 5.56 Å². The van der Waals surface area contributed by atoms with Crippen molar-refractivity contribution in [1.29, 1.82) is 0 Å². The third-order valence-corrected chi connectivity index (χ3v) is 1.86. The Labute approximate surface area is 72.3 Å². The van der Waals surface area contributed by atoms with Gasteiger partial charge >= 0.3 is 5.69 Å². The fraction of sp³-hybridized carbons (Fsp3) is 0.167. The summed E-state index contributed by atoms with van der Waals surface area (Å²) in [6.45, 7) is 0. The number of hydrogen-bond acceptors (Lipinski definition) is 3. The summed E-state index contributed by atoms with van der Waals surface area (Å²) in [5, 5.41) is 10.1. The fourth-order valence-corrected chi connectivity index (χ4v) is 0.951. The molecule has 0 unspecified atom stereocenters. The van der Waals surface area contributed by atoms with E-state index < -0.39 is 4.92 Å². The van der Waals surface area contributed by atoms with Crippen molar-refractivity contribution in [3.05, 3.63) is 37.8 Å². The highest BCUT2D eigenvalue weighted by atomic mass is 35.5. The Kier molecular flexibility index (Phi) is 2.14. The average Bonchev–Trinajstić information content (AvgIpc) is 2.00. The molecule has 0 aliphatic carbocycles. The predicted molar refractivity (Wildman–Crippen MR) is 43.3 cm³/mol. The van der Waals surface area contributed by atoms with E-state index in [1.807, 2.05) is 0 Å². The van der Waals surface area contributed by atoms with Crippen LogP contribution in [-0.4, -0.2) is 9.49 Å². The topological polar surface area (TPSA) is 65.1 Å². The van der Waals surface area contributed by atoms with E-state index >= 15 is 0 Å². The van der Waals surface area contributed by atoms with Crippen molar-refractivity contribution in [2.45, 2.75) is 0 Å². The molecule has 0 N–H and O–H groups in total. The first kappa shape index (κ1) is 8.73. The number of rotatable bonds is 1. The Bertz CT molecular complexity index is 385. The molecule has 0 aliphatic heterocycles. The maximum atomic E-state index is 10.9. The minimum atomic E-state index is -0.637. The highest BCUT2D eigenvalue weighted by Gasteiger charge is 2.14. The predicted octanol–water partition coefficient (Wildman–Crippen LogP) is 0.947. The third kappa shape index (κ3) is 1.31. The van der Waals surface area contributed by atoms with Crippen LogP contribution in [0.1, 0.15) is 0 Å². The quantitative estimate of drug-likeness (QED) is 0.374. The first-order valence-electron chi connectivity index (χ1n) is 3.04. The van der Waals surface area contributed by atoms with Crippen molar-refractivity contribution >= 4 is 17.3 Å². The minimum absolute atomic E-state index is 0.160. The molecule has 0 spiro atoms. The summed E-state index contributed by atoms with van der Waals surface area (Å²) in [5.74, 6) is 0. The molecule has 0 bridgehead atoms. The van der Waals surface area contributed by atoms with Crippen LogP contribution in [0.25, 0.3) is 0 Å². The molecule has 1 heterocycles. The Morgan fingerprint density at radius 2 is 2.17 bits per heavy atom. The third-order valence-electron chi connectivity index (χ3n) is 1.42. The second kappa shape index (κ2) is 2.94. The van der Waals surface area contributed by atoms with Gasteiger partial charge in [-0.15, -0.1) is 0 Å². The van der Waals surface area contributed by atoms with Crippen LogP contribution in [0.2, 0.25) is 5.15 Å². The molecule has 0 fully saturated rings. The average molecular weight is 189 g/mol. The molecule has 0 saturated heterocycles. The molecule has 12 heavy (non-hydrogen) atoms. The Hall–Kier alpha value is -1.36. The molecule has 0 atom stereocenters. The van der Waals surface area contributed by atoms with E-state index in [0.29, 0.717) is 0 Å². The molecule has 5 nitrogen and oxygen atoms in total. The largest absolute Gasteiger partial charge is 0.304 e. The number of hydrogen-bond donors (Lipinski definition) is 0. The molecule has 0 amide bonds. The van der Waals surface area contributed by atoms with Crippen LogP contribution in [-0.2, 0) is 7.05 Å². The molecule has 1 rings (SSSR count). The summed E-state index contributed by atoms with van der Waals surface area (Å²) in [7, 11) is 1.37. The van der Waals surface area contributed by atoms with Crippen LogP contribution in [0.5, 0.6) is 0 Å². The first-order valence-corrected chi connectivity index (χ1v) is 3.41. The van der Waals surface area contributed by atoms with Crippen molar-refractivity contribution in [3.8, 4) is 0 Å². The zero-order valence-electron chi connectivity index (χ0n) is 6.15. The normalized spacial score (nSPS) is 9.83.